The molecule has 0 spiro atoms. The Morgan fingerprint density at radius 1 is 1.10 bits per heavy atom. The number of likely N-dealkylation sites (tertiary alicyclic amines) is 1. The van der Waals surface area contributed by atoms with E-state index in [-0.39, 0.29) is 12.5 Å². The quantitative estimate of drug-likeness (QED) is 0.773. The minimum Gasteiger partial charge on any atom is -0.341 e. The zero-order valence-corrected chi connectivity index (χ0v) is 12.3. The summed E-state index contributed by atoms with van der Waals surface area (Å²) in [5.74, 6) is -1.17. The summed E-state index contributed by atoms with van der Waals surface area (Å²) in [6.07, 6.45) is 2.01. The van der Waals surface area contributed by atoms with Crippen LogP contribution in [0.4, 0.5) is 5.69 Å². The largest absolute Gasteiger partial charge is 0.341 e. The molecular weight excluding hydrogens is 268 g/mol. The molecule has 0 atom stereocenters. The van der Waals surface area contributed by atoms with Crippen LogP contribution in [0.1, 0.15) is 34.3 Å². The number of rotatable bonds is 2. The van der Waals surface area contributed by atoms with E-state index in [2.05, 4.69) is 0 Å². The van der Waals surface area contributed by atoms with E-state index in [1.165, 1.54) is 4.90 Å². The number of amides is 2. The third kappa shape index (κ3) is 2.13. The van der Waals surface area contributed by atoms with Crippen LogP contribution in [0.15, 0.2) is 12.1 Å². The number of carbonyl (C=O) groups excluding carboxylic acids is 3. The summed E-state index contributed by atoms with van der Waals surface area (Å²) < 4.78 is 0. The van der Waals surface area contributed by atoms with Crippen molar-refractivity contribution in [2.45, 2.75) is 26.7 Å². The van der Waals surface area contributed by atoms with Gasteiger partial charge in [-0.2, -0.15) is 0 Å². The molecule has 0 unspecified atom stereocenters. The summed E-state index contributed by atoms with van der Waals surface area (Å²) in [5.41, 5.74) is 2.70. The van der Waals surface area contributed by atoms with Gasteiger partial charge in [0, 0.05) is 13.1 Å². The van der Waals surface area contributed by atoms with Crippen LogP contribution in [-0.4, -0.2) is 42.1 Å². The lowest BCUT2D eigenvalue weighted by atomic mass is 10.0. The predicted molar refractivity (Wildman–Crippen MR) is 78.4 cm³/mol. The second-order valence-electron chi connectivity index (χ2n) is 5.73. The van der Waals surface area contributed by atoms with Crippen LogP contribution in [0.25, 0.3) is 0 Å². The molecule has 0 aliphatic carbocycles. The molecule has 2 aliphatic rings. The van der Waals surface area contributed by atoms with Gasteiger partial charge in [-0.05, 0) is 37.8 Å². The highest BCUT2D eigenvalue weighted by Crippen LogP contribution is 2.34. The summed E-state index contributed by atoms with van der Waals surface area (Å²) >= 11 is 0. The normalized spacial score (nSPS) is 17.6. The summed E-state index contributed by atoms with van der Waals surface area (Å²) in [5, 5.41) is 0. The Bertz CT molecular complexity index is 645. The Morgan fingerprint density at radius 3 is 2.38 bits per heavy atom. The first-order chi connectivity index (χ1) is 10.0. The molecule has 1 saturated heterocycles. The SMILES string of the molecule is Cc1ccc(C)c2c1C(=O)C(=O)N2CC(=O)N1CCCC1. The van der Waals surface area contributed by atoms with Crippen molar-refractivity contribution in [2.24, 2.45) is 0 Å². The Labute approximate surface area is 123 Å². The number of ketones is 1. The average Bonchev–Trinajstić information content (AvgIpc) is 3.06. The van der Waals surface area contributed by atoms with Gasteiger partial charge in [-0.1, -0.05) is 12.1 Å². The zero-order valence-electron chi connectivity index (χ0n) is 12.3. The van der Waals surface area contributed by atoms with Crippen molar-refractivity contribution in [3.63, 3.8) is 0 Å². The molecule has 1 aromatic rings. The fourth-order valence-electron chi connectivity index (χ4n) is 3.11. The van der Waals surface area contributed by atoms with Crippen molar-refractivity contribution < 1.29 is 14.4 Å². The van der Waals surface area contributed by atoms with Gasteiger partial charge in [-0.25, -0.2) is 0 Å². The van der Waals surface area contributed by atoms with E-state index in [1.54, 1.807) is 4.90 Å². The van der Waals surface area contributed by atoms with Crippen molar-refractivity contribution in [1.82, 2.24) is 4.90 Å². The number of hydrogen-bond donors (Lipinski definition) is 0. The topological polar surface area (TPSA) is 57.7 Å². The molecule has 21 heavy (non-hydrogen) atoms. The van der Waals surface area contributed by atoms with Gasteiger partial charge in [-0.3, -0.25) is 19.3 Å². The lowest BCUT2D eigenvalue weighted by Gasteiger charge is -2.22. The smallest absolute Gasteiger partial charge is 0.299 e. The lowest BCUT2D eigenvalue weighted by Crippen LogP contribution is -2.41. The zero-order chi connectivity index (χ0) is 15.1. The van der Waals surface area contributed by atoms with Crippen LogP contribution in [0.2, 0.25) is 0 Å². The number of benzene rings is 1. The number of hydrogen-bond acceptors (Lipinski definition) is 3. The monoisotopic (exact) mass is 286 g/mol. The van der Waals surface area contributed by atoms with Gasteiger partial charge < -0.3 is 4.90 Å². The van der Waals surface area contributed by atoms with Gasteiger partial charge in [0.1, 0.15) is 6.54 Å². The van der Waals surface area contributed by atoms with Crippen molar-refractivity contribution in [1.29, 1.82) is 0 Å². The predicted octanol–water partition coefficient (Wildman–Crippen LogP) is 1.46. The molecule has 0 aromatic heterocycles. The van der Waals surface area contributed by atoms with Crippen LogP contribution < -0.4 is 4.90 Å². The number of carbonyl (C=O) groups is 3. The van der Waals surface area contributed by atoms with Gasteiger partial charge in [0.15, 0.2) is 0 Å². The molecule has 2 amide bonds. The molecule has 2 heterocycles. The molecule has 3 rings (SSSR count). The van der Waals surface area contributed by atoms with Crippen molar-refractivity contribution in [3.05, 3.63) is 28.8 Å². The molecule has 1 aromatic carbocycles. The minimum atomic E-state index is -0.588. The Hall–Kier alpha value is -2.17. The molecule has 0 saturated carbocycles. The lowest BCUT2D eigenvalue weighted by molar-refractivity contribution is -0.129. The van der Waals surface area contributed by atoms with Crippen LogP contribution in [0.3, 0.4) is 0 Å². The third-order valence-corrected chi connectivity index (χ3v) is 4.28. The Morgan fingerprint density at radius 2 is 1.71 bits per heavy atom. The average molecular weight is 286 g/mol. The fourth-order valence-corrected chi connectivity index (χ4v) is 3.11. The molecule has 0 radical (unpaired) electrons. The highest BCUT2D eigenvalue weighted by Gasteiger charge is 2.39. The summed E-state index contributed by atoms with van der Waals surface area (Å²) in [6.45, 7) is 5.12. The number of aryl methyl sites for hydroxylation is 2. The Balaban J connectivity index is 1.94. The van der Waals surface area contributed by atoms with Gasteiger partial charge in [0.05, 0.1) is 11.3 Å². The van der Waals surface area contributed by atoms with E-state index >= 15 is 0 Å². The number of fused-ring (bicyclic) bond motifs is 1. The Kier molecular flexibility index (Phi) is 3.27. The van der Waals surface area contributed by atoms with Crippen LogP contribution in [0.5, 0.6) is 0 Å². The van der Waals surface area contributed by atoms with Crippen molar-refractivity contribution >= 4 is 23.3 Å². The van der Waals surface area contributed by atoms with E-state index in [0.29, 0.717) is 11.3 Å². The number of nitrogens with zero attached hydrogens (tertiary/aromatic N) is 2. The van der Waals surface area contributed by atoms with E-state index in [1.807, 2.05) is 26.0 Å². The van der Waals surface area contributed by atoms with E-state index < -0.39 is 11.7 Å². The van der Waals surface area contributed by atoms with Gasteiger partial charge in [0.2, 0.25) is 5.91 Å². The maximum Gasteiger partial charge on any atom is 0.299 e. The van der Waals surface area contributed by atoms with Crippen LogP contribution in [-0.2, 0) is 9.59 Å². The van der Waals surface area contributed by atoms with Gasteiger partial charge in [-0.15, -0.1) is 0 Å². The third-order valence-electron chi connectivity index (χ3n) is 4.28. The second-order valence-corrected chi connectivity index (χ2v) is 5.73. The molecular formula is C16H18N2O3. The fraction of sp³-hybridized carbons (Fsp3) is 0.438. The van der Waals surface area contributed by atoms with Crippen LogP contribution in [0, 0.1) is 13.8 Å². The van der Waals surface area contributed by atoms with Crippen molar-refractivity contribution in [2.75, 3.05) is 24.5 Å². The summed E-state index contributed by atoms with van der Waals surface area (Å²) in [6, 6.07) is 3.72. The first-order valence-electron chi connectivity index (χ1n) is 7.25. The summed E-state index contributed by atoms with van der Waals surface area (Å²) in [4.78, 5) is 39.8. The summed E-state index contributed by atoms with van der Waals surface area (Å²) in [7, 11) is 0. The number of Topliss-reactive ketones (excluding diaryl/α,β-unsaturated/α-hetero) is 1. The molecule has 5 heteroatoms. The second kappa shape index (κ2) is 4.98. The van der Waals surface area contributed by atoms with Crippen molar-refractivity contribution in [3.8, 4) is 0 Å². The number of anilines is 1. The molecule has 0 bridgehead atoms. The minimum absolute atomic E-state index is 0.0398. The van der Waals surface area contributed by atoms with Gasteiger partial charge in [0.25, 0.3) is 11.7 Å². The van der Waals surface area contributed by atoms with Crippen LogP contribution >= 0.6 is 0 Å². The molecule has 5 nitrogen and oxygen atoms in total. The first kappa shape index (κ1) is 13.8. The van der Waals surface area contributed by atoms with E-state index in [0.717, 1.165) is 37.1 Å². The maximum atomic E-state index is 12.3. The van der Waals surface area contributed by atoms with E-state index in [4.69, 9.17) is 0 Å². The molecule has 1 fully saturated rings. The standard InChI is InChI=1S/C16H18N2O3/c1-10-5-6-11(2)14-13(10)15(20)16(21)18(14)9-12(19)17-7-3-4-8-17/h5-6H,3-4,7-9H2,1-2H3. The highest BCUT2D eigenvalue weighted by molar-refractivity contribution is 6.53. The molecule has 2 aliphatic heterocycles. The van der Waals surface area contributed by atoms with Gasteiger partial charge >= 0.3 is 0 Å². The maximum absolute atomic E-state index is 12.3. The first-order valence-corrected chi connectivity index (χ1v) is 7.25. The highest BCUT2D eigenvalue weighted by atomic mass is 16.2. The molecule has 0 N–H and O–H groups in total. The molecule has 110 valence electrons. The van der Waals surface area contributed by atoms with E-state index in [9.17, 15) is 14.4 Å².